The monoisotopic (exact) mass is 354 g/mol. The number of imidazole rings is 1. The molecule has 3 aromatic rings. The summed E-state index contributed by atoms with van der Waals surface area (Å²) in [6, 6.07) is 9.64. The first-order valence-corrected chi connectivity index (χ1v) is 6.51. The number of methoxy groups -OCH3 is 1. The van der Waals surface area contributed by atoms with Crippen molar-refractivity contribution in [3.05, 3.63) is 47.2 Å². The molecule has 20 heavy (non-hydrogen) atoms. The van der Waals surface area contributed by atoms with E-state index in [4.69, 9.17) is 9.15 Å². The van der Waals surface area contributed by atoms with Gasteiger partial charge in [0.1, 0.15) is 11.5 Å². The summed E-state index contributed by atoms with van der Waals surface area (Å²) in [6.45, 7) is 0. The average molecular weight is 356 g/mol. The molecule has 0 saturated carbocycles. The van der Waals surface area contributed by atoms with Crippen LogP contribution in [0, 0.1) is 0 Å². The highest BCUT2D eigenvalue weighted by molar-refractivity contribution is 9.10. The van der Waals surface area contributed by atoms with Gasteiger partial charge in [0.25, 0.3) is 0 Å². The fourth-order valence-corrected chi connectivity index (χ4v) is 2.24. The standard InChI is InChI=1S/C14H11BrN2O2.ClH/c1-18-13-8-9(2-3-10(13)15)11-4-5-12(19-11)14-16-6-7-17-14;/h2-8H,1H3,(H,16,17);1H. The number of ether oxygens (including phenoxy) is 1. The first-order chi connectivity index (χ1) is 9.28. The van der Waals surface area contributed by atoms with Gasteiger partial charge in [-0.05, 0) is 46.3 Å². The smallest absolute Gasteiger partial charge is 0.173 e. The summed E-state index contributed by atoms with van der Waals surface area (Å²) in [4.78, 5) is 7.17. The molecule has 0 spiro atoms. The average Bonchev–Trinajstić information content (AvgIpc) is 3.10. The minimum atomic E-state index is 0. The second-order valence-corrected chi connectivity index (χ2v) is 4.81. The molecule has 0 aliphatic rings. The minimum Gasteiger partial charge on any atom is -0.496 e. The molecule has 6 heteroatoms. The molecule has 0 unspecified atom stereocenters. The second kappa shape index (κ2) is 6.15. The number of rotatable bonds is 3. The van der Waals surface area contributed by atoms with Crippen LogP contribution in [0.4, 0.5) is 0 Å². The molecule has 4 nitrogen and oxygen atoms in total. The Balaban J connectivity index is 0.00000147. The number of halogens is 2. The number of hydrogen-bond donors (Lipinski definition) is 1. The van der Waals surface area contributed by atoms with Crippen LogP contribution >= 0.6 is 28.3 Å². The Kier molecular flexibility index (Phi) is 4.52. The fourth-order valence-electron chi connectivity index (χ4n) is 1.83. The molecule has 0 amide bonds. The lowest BCUT2D eigenvalue weighted by atomic mass is 10.1. The van der Waals surface area contributed by atoms with Crippen LogP contribution in [0.3, 0.4) is 0 Å². The fraction of sp³-hybridized carbons (Fsp3) is 0.0714. The highest BCUT2D eigenvalue weighted by Crippen LogP contribution is 2.32. The van der Waals surface area contributed by atoms with Gasteiger partial charge in [-0.1, -0.05) is 0 Å². The van der Waals surface area contributed by atoms with Crippen LogP contribution < -0.4 is 4.74 Å². The summed E-state index contributed by atoms with van der Waals surface area (Å²) < 4.78 is 12.0. The van der Waals surface area contributed by atoms with E-state index >= 15 is 0 Å². The Morgan fingerprint density at radius 1 is 1.20 bits per heavy atom. The van der Waals surface area contributed by atoms with Gasteiger partial charge >= 0.3 is 0 Å². The molecule has 0 atom stereocenters. The first kappa shape index (κ1) is 14.7. The van der Waals surface area contributed by atoms with Crippen LogP contribution in [0.5, 0.6) is 5.75 Å². The maximum Gasteiger partial charge on any atom is 0.173 e. The maximum atomic E-state index is 5.79. The van der Waals surface area contributed by atoms with E-state index in [1.54, 1.807) is 19.5 Å². The zero-order valence-corrected chi connectivity index (χ0v) is 13.0. The quantitative estimate of drug-likeness (QED) is 0.751. The second-order valence-electron chi connectivity index (χ2n) is 3.95. The van der Waals surface area contributed by atoms with Crippen LogP contribution in [-0.2, 0) is 0 Å². The van der Waals surface area contributed by atoms with Crippen molar-refractivity contribution in [3.8, 4) is 28.7 Å². The summed E-state index contributed by atoms with van der Waals surface area (Å²) in [5.74, 6) is 2.97. The molecule has 1 N–H and O–H groups in total. The topological polar surface area (TPSA) is 51.0 Å². The van der Waals surface area contributed by atoms with Gasteiger partial charge in [-0.2, -0.15) is 0 Å². The Morgan fingerprint density at radius 2 is 2.00 bits per heavy atom. The number of aromatic amines is 1. The number of benzene rings is 1. The predicted octanol–water partition coefficient (Wildman–Crippen LogP) is 4.53. The van der Waals surface area contributed by atoms with Crippen molar-refractivity contribution in [1.29, 1.82) is 0 Å². The van der Waals surface area contributed by atoms with E-state index in [0.717, 1.165) is 27.4 Å². The first-order valence-electron chi connectivity index (χ1n) is 5.71. The molecule has 0 aliphatic carbocycles. The number of hydrogen-bond acceptors (Lipinski definition) is 3. The van der Waals surface area contributed by atoms with Gasteiger partial charge in [-0.25, -0.2) is 4.98 Å². The molecule has 2 aromatic heterocycles. The summed E-state index contributed by atoms with van der Waals surface area (Å²) in [5.41, 5.74) is 0.956. The summed E-state index contributed by atoms with van der Waals surface area (Å²) in [5, 5.41) is 0. The van der Waals surface area contributed by atoms with Crippen LogP contribution in [0.2, 0.25) is 0 Å². The van der Waals surface area contributed by atoms with Crippen LogP contribution in [0.15, 0.2) is 51.6 Å². The van der Waals surface area contributed by atoms with Gasteiger partial charge in [0, 0.05) is 18.0 Å². The normalized spacial score (nSPS) is 10.1. The molecule has 2 heterocycles. The predicted molar refractivity (Wildman–Crippen MR) is 83.2 cm³/mol. The van der Waals surface area contributed by atoms with Gasteiger partial charge in [0.15, 0.2) is 11.6 Å². The number of H-pyrrole nitrogens is 1. The zero-order valence-electron chi connectivity index (χ0n) is 10.6. The molecular formula is C14H12BrClN2O2. The van der Waals surface area contributed by atoms with Crippen molar-refractivity contribution in [2.24, 2.45) is 0 Å². The van der Waals surface area contributed by atoms with Crippen molar-refractivity contribution >= 4 is 28.3 Å². The lowest BCUT2D eigenvalue weighted by molar-refractivity contribution is 0.412. The molecule has 0 aliphatic heterocycles. The Bertz CT molecular complexity index is 695. The highest BCUT2D eigenvalue weighted by Gasteiger charge is 2.10. The molecule has 0 saturated heterocycles. The van der Waals surface area contributed by atoms with E-state index in [1.807, 2.05) is 30.3 Å². The van der Waals surface area contributed by atoms with E-state index < -0.39 is 0 Å². The van der Waals surface area contributed by atoms with Crippen molar-refractivity contribution in [3.63, 3.8) is 0 Å². The number of aromatic nitrogens is 2. The summed E-state index contributed by atoms with van der Waals surface area (Å²) in [7, 11) is 1.64. The van der Waals surface area contributed by atoms with Crippen LogP contribution in [0.1, 0.15) is 0 Å². The van der Waals surface area contributed by atoms with E-state index in [-0.39, 0.29) is 12.4 Å². The maximum absolute atomic E-state index is 5.79. The summed E-state index contributed by atoms with van der Waals surface area (Å²) >= 11 is 3.43. The highest BCUT2D eigenvalue weighted by atomic mass is 79.9. The largest absolute Gasteiger partial charge is 0.496 e. The Morgan fingerprint density at radius 3 is 2.70 bits per heavy atom. The van der Waals surface area contributed by atoms with E-state index in [0.29, 0.717) is 5.76 Å². The molecular weight excluding hydrogens is 344 g/mol. The molecule has 104 valence electrons. The molecule has 1 aromatic carbocycles. The number of nitrogens with zero attached hydrogens (tertiary/aromatic N) is 1. The lowest BCUT2D eigenvalue weighted by Gasteiger charge is -2.04. The molecule has 3 rings (SSSR count). The third kappa shape index (κ3) is 2.73. The van der Waals surface area contributed by atoms with E-state index in [1.165, 1.54) is 0 Å². The van der Waals surface area contributed by atoms with Crippen molar-refractivity contribution < 1.29 is 9.15 Å². The van der Waals surface area contributed by atoms with E-state index in [2.05, 4.69) is 25.9 Å². The molecule has 0 bridgehead atoms. The Hall–Kier alpha value is -1.72. The number of nitrogens with one attached hydrogen (secondary N) is 1. The van der Waals surface area contributed by atoms with Gasteiger partial charge in [0.05, 0.1) is 11.6 Å². The molecule has 0 radical (unpaired) electrons. The minimum absolute atomic E-state index is 0. The Labute approximate surface area is 130 Å². The SMILES string of the molecule is COc1cc(-c2ccc(-c3ncc[nH]3)o2)ccc1Br.Cl. The summed E-state index contributed by atoms with van der Waals surface area (Å²) in [6.07, 6.45) is 3.46. The van der Waals surface area contributed by atoms with Gasteiger partial charge in [-0.15, -0.1) is 12.4 Å². The third-order valence-electron chi connectivity index (χ3n) is 2.77. The lowest BCUT2D eigenvalue weighted by Crippen LogP contribution is -1.85. The van der Waals surface area contributed by atoms with Gasteiger partial charge in [0.2, 0.25) is 0 Å². The van der Waals surface area contributed by atoms with Crippen molar-refractivity contribution in [2.75, 3.05) is 7.11 Å². The number of furan rings is 1. The zero-order chi connectivity index (χ0) is 13.2. The van der Waals surface area contributed by atoms with Crippen molar-refractivity contribution in [2.45, 2.75) is 0 Å². The van der Waals surface area contributed by atoms with Gasteiger partial charge < -0.3 is 14.1 Å². The van der Waals surface area contributed by atoms with E-state index in [9.17, 15) is 0 Å². The van der Waals surface area contributed by atoms with Crippen LogP contribution in [-0.4, -0.2) is 17.1 Å². The van der Waals surface area contributed by atoms with Crippen LogP contribution in [0.25, 0.3) is 22.9 Å². The van der Waals surface area contributed by atoms with Gasteiger partial charge in [-0.3, -0.25) is 0 Å². The molecule has 0 fully saturated rings. The van der Waals surface area contributed by atoms with Crippen molar-refractivity contribution in [1.82, 2.24) is 9.97 Å². The third-order valence-corrected chi connectivity index (χ3v) is 3.43.